The molecule has 0 amide bonds. The van der Waals surface area contributed by atoms with Crippen molar-refractivity contribution in [1.82, 2.24) is 9.97 Å². The van der Waals surface area contributed by atoms with Crippen molar-refractivity contribution >= 4 is 27.3 Å². The van der Waals surface area contributed by atoms with Crippen LogP contribution in [0.5, 0.6) is 0 Å². The molecule has 25 heavy (non-hydrogen) atoms. The Morgan fingerprint density at radius 1 is 1.24 bits per heavy atom. The van der Waals surface area contributed by atoms with Gasteiger partial charge in [0.15, 0.2) is 9.84 Å². The Bertz CT molecular complexity index is 865. The Morgan fingerprint density at radius 3 is 2.72 bits per heavy atom. The number of aromatic nitrogens is 2. The van der Waals surface area contributed by atoms with Crippen molar-refractivity contribution in [2.45, 2.75) is 39.2 Å². The van der Waals surface area contributed by atoms with Gasteiger partial charge in [-0.1, -0.05) is 32.0 Å². The molecule has 134 valence electrons. The minimum Gasteiger partial charge on any atom is -0.350 e. The number of hydrogen-bond acceptors (Lipinski definition) is 6. The fourth-order valence-corrected chi connectivity index (χ4v) is 4.73. The van der Waals surface area contributed by atoms with Crippen LogP contribution in [0.3, 0.4) is 0 Å². The molecule has 0 saturated carbocycles. The molecule has 1 atom stereocenters. The standard InChI is InChI=1S/C18H24N4O2S/c1-12(2)15-6-4-5-13(3)17(15)21-16-7-9-19-18(22-16)20-14-8-10-25(23,24)11-14/h4-7,9,12,14H,8,10-11H2,1-3H3,(H2,19,20,21,22). The average Bonchev–Trinajstić information content (AvgIpc) is 2.88. The van der Waals surface area contributed by atoms with E-state index in [1.807, 2.05) is 6.07 Å². The molecule has 6 nitrogen and oxygen atoms in total. The Labute approximate surface area is 149 Å². The van der Waals surface area contributed by atoms with Crippen molar-refractivity contribution < 1.29 is 8.42 Å². The zero-order valence-corrected chi connectivity index (χ0v) is 15.6. The highest BCUT2D eigenvalue weighted by molar-refractivity contribution is 7.91. The van der Waals surface area contributed by atoms with E-state index in [2.05, 4.69) is 59.6 Å². The molecule has 7 heteroatoms. The predicted octanol–water partition coefficient (Wildman–Crippen LogP) is 3.25. The smallest absolute Gasteiger partial charge is 0.224 e. The maximum absolute atomic E-state index is 11.6. The van der Waals surface area contributed by atoms with Gasteiger partial charge in [-0.25, -0.2) is 13.4 Å². The lowest BCUT2D eigenvalue weighted by Crippen LogP contribution is -2.22. The summed E-state index contributed by atoms with van der Waals surface area (Å²) < 4.78 is 23.2. The molecule has 0 spiro atoms. The first kappa shape index (κ1) is 17.7. The van der Waals surface area contributed by atoms with E-state index in [-0.39, 0.29) is 17.5 Å². The van der Waals surface area contributed by atoms with Gasteiger partial charge in [-0.05, 0) is 36.5 Å². The van der Waals surface area contributed by atoms with Gasteiger partial charge in [-0.2, -0.15) is 4.98 Å². The molecule has 0 radical (unpaired) electrons. The molecule has 0 aliphatic carbocycles. The van der Waals surface area contributed by atoms with Gasteiger partial charge in [-0.3, -0.25) is 0 Å². The van der Waals surface area contributed by atoms with E-state index in [4.69, 9.17) is 0 Å². The predicted molar refractivity (Wildman–Crippen MR) is 101 cm³/mol. The van der Waals surface area contributed by atoms with Gasteiger partial charge < -0.3 is 10.6 Å². The van der Waals surface area contributed by atoms with Crippen LogP contribution in [-0.4, -0.2) is 35.9 Å². The van der Waals surface area contributed by atoms with Gasteiger partial charge in [0, 0.05) is 17.9 Å². The molecule has 2 aromatic rings. The van der Waals surface area contributed by atoms with Crippen molar-refractivity contribution in [3.8, 4) is 0 Å². The summed E-state index contributed by atoms with van der Waals surface area (Å²) in [6.07, 6.45) is 2.27. The Morgan fingerprint density at radius 2 is 2.04 bits per heavy atom. The van der Waals surface area contributed by atoms with Crippen molar-refractivity contribution in [2.24, 2.45) is 0 Å². The molecule has 1 aromatic heterocycles. The fraction of sp³-hybridized carbons (Fsp3) is 0.444. The molecule has 1 saturated heterocycles. The largest absolute Gasteiger partial charge is 0.350 e. The first-order valence-electron chi connectivity index (χ1n) is 8.50. The van der Waals surface area contributed by atoms with Crippen LogP contribution < -0.4 is 10.6 Å². The Kier molecular flexibility index (Phi) is 4.94. The van der Waals surface area contributed by atoms with Crippen molar-refractivity contribution in [3.05, 3.63) is 41.6 Å². The van der Waals surface area contributed by atoms with Crippen LogP contribution in [-0.2, 0) is 9.84 Å². The number of benzene rings is 1. The van der Waals surface area contributed by atoms with Crippen molar-refractivity contribution in [2.75, 3.05) is 22.1 Å². The number of nitrogens with one attached hydrogen (secondary N) is 2. The molecule has 1 aliphatic heterocycles. The number of rotatable bonds is 5. The molecule has 3 rings (SSSR count). The van der Waals surface area contributed by atoms with Crippen LogP contribution in [0.15, 0.2) is 30.5 Å². The van der Waals surface area contributed by atoms with Crippen LogP contribution in [0.4, 0.5) is 17.5 Å². The highest BCUT2D eigenvalue weighted by atomic mass is 32.2. The van der Waals surface area contributed by atoms with Gasteiger partial charge in [0.1, 0.15) is 5.82 Å². The van der Waals surface area contributed by atoms with E-state index >= 15 is 0 Å². The van der Waals surface area contributed by atoms with E-state index in [0.29, 0.717) is 24.1 Å². The zero-order chi connectivity index (χ0) is 18.0. The number of aryl methyl sites for hydroxylation is 1. The zero-order valence-electron chi connectivity index (χ0n) is 14.8. The van der Waals surface area contributed by atoms with Crippen molar-refractivity contribution in [3.63, 3.8) is 0 Å². The number of nitrogens with zero attached hydrogens (tertiary/aromatic N) is 2. The number of para-hydroxylation sites is 1. The van der Waals surface area contributed by atoms with E-state index in [0.717, 1.165) is 11.3 Å². The lowest BCUT2D eigenvalue weighted by atomic mass is 9.98. The normalized spacial score (nSPS) is 19.1. The average molecular weight is 360 g/mol. The SMILES string of the molecule is Cc1cccc(C(C)C)c1Nc1ccnc(NC2CCS(=O)(=O)C2)n1. The highest BCUT2D eigenvalue weighted by Crippen LogP contribution is 2.29. The molecular weight excluding hydrogens is 336 g/mol. The van der Waals surface area contributed by atoms with Crippen molar-refractivity contribution in [1.29, 1.82) is 0 Å². The summed E-state index contributed by atoms with van der Waals surface area (Å²) in [5.41, 5.74) is 3.45. The first-order valence-corrected chi connectivity index (χ1v) is 10.3. The molecule has 0 bridgehead atoms. The summed E-state index contributed by atoms with van der Waals surface area (Å²) in [6, 6.07) is 7.93. The van der Waals surface area contributed by atoms with Crippen LogP contribution in [0.25, 0.3) is 0 Å². The lowest BCUT2D eigenvalue weighted by molar-refractivity contribution is 0.602. The quantitative estimate of drug-likeness (QED) is 0.851. The topological polar surface area (TPSA) is 84.0 Å². The third-order valence-electron chi connectivity index (χ3n) is 4.40. The summed E-state index contributed by atoms with van der Waals surface area (Å²) in [4.78, 5) is 8.71. The summed E-state index contributed by atoms with van der Waals surface area (Å²) in [6.45, 7) is 6.39. The van der Waals surface area contributed by atoms with Crippen LogP contribution >= 0.6 is 0 Å². The molecule has 2 heterocycles. The van der Waals surface area contributed by atoms with Crippen LogP contribution in [0, 0.1) is 6.92 Å². The van der Waals surface area contributed by atoms with E-state index in [9.17, 15) is 8.42 Å². The number of hydrogen-bond donors (Lipinski definition) is 2. The Hall–Kier alpha value is -2.15. The second-order valence-electron chi connectivity index (χ2n) is 6.83. The molecule has 1 fully saturated rings. The maximum atomic E-state index is 11.6. The second kappa shape index (κ2) is 7.00. The minimum absolute atomic E-state index is 0.120. The maximum Gasteiger partial charge on any atom is 0.224 e. The third kappa shape index (κ3) is 4.28. The van der Waals surface area contributed by atoms with Crippen LogP contribution in [0.2, 0.25) is 0 Å². The van der Waals surface area contributed by atoms with Gasteiger partial charge in [0.2, 0.25) is 5.95 Å². The van der Waals surface area contributed by atoms with Crippen LogP contribution in [0.1, 0.15) is 37.3 Å². The first-order chi connectivity index (χ1) is 11.8. The van der Waals surface area contributed by atoms with E-state index in [1.165, 1.54) is 5.56 Å². The number of anilines is 3. The summed E-state index contributed by atoms with van der Waals surface area (Å²) in [5, 5.41) is 6.53. The second-order valence-corrected chi connectivity index (χ2v) is 9.06. The van der Waals surface area contributed by atoms with E-state index in [1.54, 1.807) is 6.20 Å². The van der Waals surface area contributed by atoms with Gasteiger partial charge in [-0.15, -0.1) is 0 Å². The van der Waals surface area contributed by atoms with E-state index < -0.39 is 9.84 Å². The minimum atomic E-state index is -2.93. The summed E-state index contributed by atoms with van der Waals surface area (Å²) >= 11 is 0. The van der Waals surface area contributed by atoms with Gasteiger partial charge in [0.25, 0.3) is 0 Å². The highest BCUT2D eigenvalue weighted by Gasteiger charge is 2.28. The fourth-order valence-electron chi connectivity index (χ4n) is 3.06. The lowest BCUT2D eigenvalue weighted by Gasteiger charge is -2.17. The molecular formula is C18H24N4O2S. The summed E-state index contributed by atoms with van der Waals surface area (Å²) in [5.74, 6) is 1.90. The third-order valence-corrected chi connectivity index (χ3v) is 6.17. The summed E-state index contributed by atoms with van der Waals surface area (Å²) in [7, 11) is -2.93. The molecule has 1 aromatic carbocycles. The Balaban J connectivity index is 1.79. The van der Waals surface area contributed by atoms with Gasteiger partial charge >= 0.3 is 0 Å². The number of sulfone groups is 1. The molecule has 1 unspecified atom stereocenters. The monoisotopic (exact) mass is 360 g/mol. The molecule has 1 aliphatic rings. The molecule has 2 N–H and O–H groups in total. The van der Waals surface area contributed by atoms with Gasteiger partial charge in [0.05, 0.1) is 11.5 Å².